The number of para-hydroxylation sites is 1. The fourth-order valence-electron chi connectivity index (χ4n) is 2.36. The molecule has 1 unspecified atom stereocenters. The number of aromatic nitrogens is 1. The highest BCUT2D eigenvalue weighted by molar-refractivity contribution is 7.07. The summed E-state index contributed by atoms with van der Waals surface area (Å²) >= 11 is 1.53. The normalized spacial score (nSPS) is 17.8. The maximum absolute atomic E-state index is 11.3. The van der Waals surface area contributed by atoms with Crippen LogP contribution in [0.2, 0.25) is 0 Å². The molecule has 18 heavy (non-hydrogen) atoms. The molecule has 0 fully saturated rings. The van der Waals surface area contributed by atoms with E-state index in [-0.39, 0.29) is 0 Å². The molecule has 0 saturated carbocycles. The van der Waals surface area contributed by atoms with Crippen molar-refractivity contribution in [2.75, 3.05) is 4.90 Å². The molecule has 0 radical (unpaired) electrons. The van der Waals surface area contributed by atoms with Gasteiger partial charge in [0.05, 0.1) is 17.7 Å². The second-order valence-corrected chi connectivity index (χ2v) is 5.01. The third-order valence-corrected chi connectivity index (χ3v) is 3.83. The van der Waals surface area contributed by atoms with Crippen molar-refractivity contribution in [1.29, 1.82) is 0 Å². The lowest BCUT2D eigenvalue weighted by Crippen LogP contribution is -2.38. The summed E-state index contributed by atoms with van der Waals surface area (Å²) in [6.45, 7) is 0.553. The van der Waals surface area contributed by atoms with E-state index < -0.39 is 12.0 Å². The van der Waals surface area contributed by atoms with Gasteiger partial charge in [0, 0.05) is 17.5 Å². The quantitative estimate of drug-likeness (QED) is 0.918. The van der Waals surface area contributed by atoms with Crippen LogP contribution in [-0.2, 0) is 17.8 Å². The molecule has 3 rings (SSSR count). The van der Waals surface area contributed by atoms with Gasteiger partial charge in [-0.05, 0) is 11.6 Å². The van der Waals surface area contributed by atoms with E-state index in [0.717, 1.165) is 16.9 Å². The number of thiazole rings is 1. The van der Waals surface area contributed by atoms with E-state index in [9.17, 15) is 9.90 Å². The van der Waals surface area contributed by atoms with Crippen molar-refractivity contribution < 1.29 is 9.90 Å². The summed E-state index contributed by atoms with van der Waals surface area (Å²) in [5.74, 6) is -0.776. The lowest BCUT2D eigenvalue weighted by Gasteiger charge is -2.23. The van der Waals surface area contributed by atoms with Crippen molar-refractivity contribution in [3.63, 3.8) is 0 Å². The average Bonchev–Trinajstić information content (AvgIpc) is 2.98. The molecule has 1 aromatic heterocycles. The number of hydrogen-bond donors (Lipinski definition) is 1. The zero-order valence-corrected chi connectivity index (χ0v) is 10.4. The minimum Gasteiger partial charge on any atom is -0.480 e. The van der Waals surface area contributed by atoms with Crippen molar-refractivity contribution in [3.05, 3.63) is 46.4 Å². The second-order valence-electron chi connectivity index (χ2n) is 4.29. The van der Waals surface area contributed by atoms with Crippen LogP contribution >= 0.6 is 11.3 Å². The van der Waals surface area contributed by atoms with Gasteiger partial charge in [-0.15, -0.1) is 11.3 Å². The SMILES string of the molecule is O=C(O)C1Cc2ccccc2N1Cc1cscn1. The van der Waals surface area contributed by atoms with Gasteiger partial charge in [0.2, 0.25) is 0 Å². The zero-order valence-electron chi connectivity index (χ0n) is 9.61. The number of benzene rings is 1. The summed E-state index contributed by atoms with van der Waals surface area (Å²) in [5.41, 5.74) is 4.80. The molecule has 92 valence electrons. The molecule has 0 amide bonds. The van der Waals surface area contributed by atoms with Crippen LogP contribution in [0.1, 0.15) is 11.3 Å². The number of aliphatic carboxylic acids is 1. The van der Waals surface area contributed by atoms with Gasteiger partial charge >= 0.3 is 5.97 Å². The largest absolute Gasteiger partial charge is 0.480 e. The third kappa shape index (κ3) is 1.86. The molecular formula is C13H12N2O2S. The van der Waals surface area contributed by atoms with Crippen LogP contribution in [-0.4, -0.2) is 22.1 Å². The first-order valence-electron chi connectivity index (χ1n) is 5.70. The molecule has 4 nitrogen and oxygen atoms in total. The Morgan fingerprint density at radius 3 is 3.06 bits per heavy atom. The molecule has 5 heteroatoms. The van der Waals surface area contributed by atoms with Gasteiger partial charge in [-0.3, -0.25) is 0 Å². The molecule has 2 heterocycles. The van der Waals surface area contributed by atoms with Gasteiger partial charge in [0.25, 0.3) is 0 Å². The van der Waals surface area contributed by atoms with Crippen LogP contribution in [0.3, 0.4) is 0 Å². The maximum atomic E-state index is 11.3. The van der Waals surface area contributed by atoms with Crippen molar-refractivity contribution in [1.82, 2.24) is 4.98 Å². The van der Waals surface area contributed by atoms with Crippen LogP contribution in [0.25, 0.3) is 0 Å². The van der Waals surface area contributed by atoms with Crippen LogP contribution in [0.4, 0.5) is 5.69 Å². The van der Waals surface area contributed by atoms with E-state index in [4.69, 9.17) is 0 Å². The van der Waals surface area contributed by atoms with Crippen molar-refractivity contribution in [3.8, 4) is 0 Å². The summed E-state index contributed by atoms with van der Waals surface area (Å²) in [6.07, 6.45) is 0.565. The maximum Gasteiger partial charge on any atom is 0.326 e. The molecule has 1 aliphatic heterocycles. The Labute approximate surface area is 109 Å². The number of anilines is 1. The zero-order chi connectivity index (χ0) is 12.5. The highest BCUT2D eigenvalue weighted by Gasteiger charge is 2.34. The smallest absolute Gasteiger partial charge is 0.326 e. The molecular weight excluding hydrogens is 248 g/mol. The number of fused-ring (bicyclic) bond motifs is 1. The minimum absolute atomic E-state index is 0.482. The first kappa shape index (κ1) is 11.2. The van der Waals surface area contributed by atoms with E-state index in [1.165, 1.54) is 11.3 Å². The summed E-state index contributed by atoms with van der Waals surface area (Å²) in [7, 11) is 0. The number of rotatable bonds is 3. The van der Waals surface area contributed by atoms with Gasteiger partial charge in [0.1, 0.15) is 6.04 Å². The van der Waals surface area contributed by atoms with Gasteiger partial charge in [-0.25, -0.2) is 9.78 Å². The molecule has 0 bridgehead atoms. The number of carbonyl (C=O) groups is 1. The topological polar surface area (TPSA) is 53.4 Å². The molecule has 0 aliphatic carbocycles. The molecule has 2 aromatic rings. The number of carboxylic acid groups (broad SMARTS) is 1. The molecule has 1 N–H and O–H groups in total. The predicted octanol–water partition coefficient (Wildman–Crippen LogP) is 2.16. The van der Waals surface area contributed by atoms with Crippen molar-refractivity contribution in [2.45, 2.75) is 19.0 Å². The van der Waals surface area contributed by atoms with E-state index in [1.807, 2.05) is 34.5 Å². The Balaban J connectivity index is 1.95. The minimum atomic E-state index is -0.776. The van der Waals surface area contributed by atoms with Gasteiger partial charge in [0.15, 0.2) is 0 Å². The first-order chi connectivity index (χ1) is 8.75. The van der Waals surface area contributed by atoms with Crippen LogP contribution in [0.15, 0.2) is 35.2 Å². The molecule has 1 atom stereocenters. The predicted molar refractivity (Wildman–Crippen MR) is 69.9 cm³/mol. The molecule has 1 aliphatic rings. The Morgan fingerprint density at radius 2 is 2.33 bits per heavy atom. The molecule has 1 aromatic carbocycles. The van der Waals surface area contributed by atoms with E-state index >= 15 is 0 Å². The van der Waals surface area contributed by atoms with Crippen LogP contribution in [0.5, 0.6) is 0 Å². The summed E-state index contributed by atoms with van der Waals surface area (Å²) < 4.78 is 0. The lowest BCUT2D eigenvalue weighted by molar-refractivity contribution is -0.138. The standard InChI is InChI=1S/C13H12N2O2S/c16-13(17)12-5-9-3-1-2-4-11(9)15(12)6-10-7-18-8-14-10/h1-4,7-8,12H,5-6H2,(H,16,17). The highest BCUT2D eigenvalue weighted by Crippen LogP contribution is 2.33. The Morgan fingerprint density at radius 1 is 1.50 bits per heavy atom. The van der Waals surface area contributed by atoms with Gasteiger partial charge < -0.3 is 10.0 Å². The Hall–Kier alpha value is -1.88. The third-order valence-electron chi connectivity index (χ3n) is 3.19. The molecule has 0 spiro atoms. The summed E-state index contributed by atoms with van der Waals surface area (Å²) in [5, 5.41) is 11.3. The second kappa shape index (κ2) is 4.42. The van der Waals surface area contributed by atoms with Crippen LogP contribution < -0.4 is 4.90 Å². The fraction of sp³-hybridized carbons (Fsp3) is 0.231. The highest BCUT2D eigenvalue weighted by atomic mass is 32.1. The van der Waals surface area contributed by atoms with Crippen LogP contribution in [0, 0.1) is 0 Å². The number of hydrogen-bond acceptors (Lipinski definition) is 4. The first-order valence-corrected chi connectivity index (χ1v) is 6.64. The van der Waals surface area contributed by atoms with E-state index in [1.54, 1.807) is 5.51 Å². The van der Waals surface area contributed by atoms with E-state index in [0.29, 0.717) is 13.0 Å². The molecule has 0 saturated heterocycles. The summed E-state index contributed by atoms with van der Waals surface area (Å²) in [4.78, 5) is 17.5. The number of nitrogens with zero attached hydrogens (tertiary/aromatic N) is 2. The van der Waals surface area contributed by atoms with Crippen molar-refractivity contribution >= 4 is 23.0 Å². The Kier molecular flexibility index (Phi) is 2.76. The van der Waals surface area contributed by atoms with Gasteiger partial charge in [-0.1, -0.05) is 18.2 Å². The lowest BCUT2D eigenvalue weighted by atomic mass is 10.1. The Bertz CT molecular complexity index is 568. The van der Waals surface area contributed by atoms with Gasteiger partial charge in [-0.2, -0.15) is 0 Å². The average molecular weight is 260 g/mol. The monoisotopic (exact) mass is 260 g/mol. The van der Waals surface area contributed by atoms with E-state index in [2.05, 4.69) is 4.98 Å². The number of carboxylic acids is 1. The fourth-order valence-corrected chi connectivity index (χ4v) is 2.91. The van der Waals surface area contributed by atoms with Crippen molar-refractivity contribution in [2.24, 2.45) is 0 Å². The summed E-state index contributed by atoms with van der Waals surface area (Å²) in [6, 6.07) is 7.38.